The molecule has 0 unspecified atom stereocenters. The molecule has 2 rings (SSSR count). The van der Waals surface area contributed by atoms with Crippen molar-refractivity contribution >= 4 is 11.6 Å². The quantitative estimate of drug-likeness (QED) is 0.196. The SMILES string of the molecule is CCCCCCCCCCCCCCC(=O)c1c(C(=O)c2ccccc2)no[n+]1[O-]. The molecule has 1 heterocycles. The number of aromatic nitrogens is 2. The van der Waals surface area contributed by atoms with Crippen LogP contribution in [0.1, 0.15) is 117 Å². The largest absolute Gasteiger partial charge is 0.359 e. The molecular weight excluding hydrogens is 380 g/mol. The smallest absolute Gasteiger partial charge is 0.299 e. The molecule has 2 aromatic rings. The van der Waals surface area contributed by atoms with Crippen LogP contribution >= 0.6 is 0 Å². The highest BCUT2D eigenvalue weighted by molar-refractivity contribution is 6.13. The van der Waals surface area contributed by atoms with E-state index in [9.17, 15) is 14.8 Å². The second-order valence-electron chi connectivity index (χ2n) is 7.88. The van der Waals surface area contributed by atoms with Crippen LogP contribution < -0.4 is 4.90 Å². The fraction of sp³-hybridized carbons (Fsp3) is 0.583. The van der Waals surface area contributed by atoms with Crippen LogP contribution in [0.4, 0.5) is 0 Å². The summed E-state index contributed by atoms with van der Waals surface area (Å²) in [4.78, 5) is 25.1. The van der Waals surface area contributed by atoms with Gasteiger partial charge in [0.25, 0.3) is 11.4 Å². The molecule has 164 valence electrons. The molecule has 0 aliphatic heterocycles. The molecule has 6 heteroatoms. The molecule has 1 aromatic heterocycles. The van der Waals surface area contributed by atoms with Crippen molar-refractivity contribution in [3.05, 3.63) is 52.5 Å². The van der Waals surface area contributed by atoms with E-state index in [1.807, 2.05) is 0 Å². The summed E-state index contributed by atoms with van der Waals surface area (Å²) in [5.74, 6) is -0.871. The Morgan fingerprint density at radius 3 is 1.97 bits per heavy atom. The van der Waals surface area contributed by atoms with Gasteiger partial charge in [0.05, 0.1) is 5.16 Å². The van der Waals surface area contributed by atoms with Crippen LogP contribution in [0.3, 0.4) is 0 Å². The molecule has 30 heavy (non-hydrogen) atoms. The average molecular weight is 415 g/mol. The summed E-state index contributed by atoms with van der Waals surface area (Å²) in [6, 6.07) is 8.45. The van der Waals surface area contributed by atoms with E-state index in [4.69, 9.17) is 0 Å². The van der Waals surface area contributed by atoms with Crippen LogP contribution in [0.25, 0.3) is 0 Å². The standard InChI is InChI=1S/C24H34N2O4/c1-2-3-4-5-6-7-8-9-10-11-12-16-19-21(27)23-22(25-30-26(23)29)24(28)20-17-14-13-15-18-20/h13-15,17-18H,2-12,16,19H2,1H3. The highest BCUT2D eigenvalue weighted by Gasteiger charge is 2.31. The second kappa shape index (κ2) is 13.7. The maximum Gasteiger partial charge on any atom is 0.299 e. The molecule has 0 saturated carbocycles. The van der Waals surface area contributed by atoms with Crippen LogP contribution in [0.5, 0.6) is 0 Å². The van der Waals surface area contributed by atoms with Gasteiger partial charge in [-0.05, 0) is 11.3 Å². The zero-order valence-corrected chi connectivity index (χ0v) is 18.1. The zero-order chi connectivity index (χ0) is 21.6. The molecule has 0 bridgehead atoms. The summed E-state index contributed by atoms with van der Waals surface area (Å²) in [6.07, 6.45) is 14.6. The minimum Gasteiger partial charge on any atom is -0.359 e. The van der Waals surface area contributed by atoms with E-state index in [2.05, 4.69) is 16.7 Å². The summed E-state index contributed by atoms with van der Waals surface area (Å²) in [5, 5.41) is 15.4. The lowest BCUT2D eigenvalue weighted by Gasteiger charge is -2.03. The van der Waals surface area contributed by atoms with Gasteiger partial charge in [0.1, 0.15) is 0 Å². The Kier molecular flexibility index (Phi) is 10.8. The Balaban J connectivity index is 1.66. The number of carbonyl (C=O) groups excluding carboxylic acids is 2. The van der Waals surface area contributed by atoms with Crippen LogP contribution in [0.15, 0.2) is 35.0 Å². The van der Waals surface area contributed by atoms with Crippen molar-refractivity contribution in [3.8, 4) is 0 Å². The van der Waals surface area contributed by atoms with Crippen LogP contribution in [0.2, 0.25) is 0 Å². The van der Waals surface area contributed by atoms with Crippen molar-refractivity contribution in [1.82, 2.24) is 5.16 Å². The van der Waals surface area contributed by atoms with Crippen molar-refractivity contribution < 1.29 is 19.1 Å². The molecule has 0 N–H and O–H groups in total. The number of unbranched alkanes of at least 4 members (excludes halogenated alkanes) is 11. The van der Waals surface area contributed by atoms with Crippen molar-refractivity contribution in [3.63, 3.8) is 0 Å². The van der Waals surface area contributed by atoms with Gasteiger partial charge in [-0.15, -0.1) is 0 Å². The monoisotopic (exact) mass is 414 g/mol. The minimum absolute atomic E-state index is 0.0546. The summed E-state index contributed by atoms with van der Waals surface area (Å²) in [6.45, 7) is 2.24. The van der Waals surface area contributed by atoms with Crippen molar-refractivity contribution in [2.24, 2.45) is 0 Å². The van der Waals surface area contributed by atoms with E-state index in [1.54, 1.807) is 30.3 Å². The molecule has 0 spiro atoms. The number of ketones is 2. The first-order chi connectivity index (χ1) is 14.6. The molecule has 0 saturated heterocycles. The first-order valence-corrected chi connectivity index (χ1v) is 11.4. The lowest BCUT2D eigenvalue weighted by atomic mass is 10.0. The van der Waals surface area contributed by atoms with Crippen molar-refractivity contribution in [1.29, 1.82) is 0 Å². The Morgan fingerprint density at radius 2 is 1.40 bits per heavy atom. The Labute approximate surface area is 179 Å². The highest BCUT2D eigenvalue weighted by atomic mass is 16.8. The maximum absolute atomic E-state index is 12.5. The number of carbonyl (C=O) groups is 2. The minimum atomic E-state index is -0.480. The third-order valence-corrected chi connectivity index (χ3v) is 5.39. The fourth-order valence-corrected chi connectivity index (χ4v) is 3.60. The Bertz CT molecular complexity index is 771. The van der Waals surface area contributed by atoms with Gasteiger partial charge in [0, 0.05) is 12.0 Å². The van der Waals surface area contributed by atoms with Gasteiger partial charge in [0.2, 0.25) is 11.6 Å². The van der Waals surface area contributed by atoms with Gasteiger partial charge in [-0.2, -0.15) is 0 Å². The van der Waals surface area contributed by atoms with Gasteiger partial charge in [-0.25, -0.2) is 0 Å². The topological polar surface area (TPSA) is 87.1 Å². The van der Waals surface area contributed by atoms with E-state index in [1.165, 1.54) is 57.8 Å². The normalized spacial score (nSPS) is 11.0. The molecule has 0 amide bonds. The number of Topliss-reactive ketones (excluding diaryl/α,β-unsaturated/α-hetero) is 1. The van der Waals surface area contributed by atoms with E-state index in [0.29, 0.717) is 12.0 Å². The summed E-state index contributed by atoms with van der Waals surface area (Å²) in [5.41, 5.74) is -0.127. The van der Waals surface area contributed by atoms with Crippen LogP contribution in [-0.4, -0.2) is 16.7 Å². The predicted octanol–water partition coefficient (Wildman–Crippen LogP) is 5.81. The maximum atomic E-state index is 12.5. The van der Waals surface area contributed by atoms with Gasteiger partial charge in [-0.3, -0.25) is 14.2 Å². The number of benzene rings is 1. The lowest BCUT2D eigenvalue weighted by molar-refractivity contribution is -0.803. The summed E-state index contributed by atoms with van der Waals surface area (Å²) >= 11 is 0. The third kappa shape index (κ3) is 7.73. The molecule has 0 aliphatic rings. The molecule has 0 atom stereocenters. The molecule has 1 aromatic carbocycles. The average Bonchev–Trinajstić information content (AvgIpc) is 3.16. The van der Waals surface area contributed by atoms with Gasteiger partial charge in [0.15, 0.2) is 0 Å². The second-order valence-corrected chi connectivity index (χ2v) is 7.88. The molecule has 6 nitrogen and oxygen atoms in total. The van der Waals surface area contributed by atoms with Gasteiger partial charge < -0.3 is 5.21 Å². The van der Waals surface area contributed by atoms with E-state index in [0.717, 1.165) is 12.8 Å². The lowest BCUT2D eigenvalue weighted by Crippen LogP contribution is -2.32. The first-order valence-electron chi connectivity index (χ1n) is 11.4. The molecular formula is C24H34N2O4. The van der Waals surface area contributed by atoms with E-state index >= 15 is 0 Å². The van der Waals surface area contributed by atoms with Crippen LogP contribution in [0, 0.1) is 5.21 Å². The zero-order valence-electron chi connectivity index (χ0n) is 18.1. The molecule has 0 aliphatic carbocycles. The number of hydrogen-bond acceptors (Lipinski definition) is 5. The van der Waals surface area contributed by atoms with Crippen molar-refractivity contribution in [2.75, 3.05) is 0 Å². The third-order valence-electron chi connectivity index (χ3n) is 5.39. The van der Waals surface area contributed by atoms with Gasteiger partial charge >= 0.3 is 0 Å². The summed E-state index contributed by atoms with van der Waals surface area (Å²) in [7, 11) is 0. The fourth-order valence-electron chi connectivity index (χ4n) is 3.60. The Hall–Kier alpha value is -2.50. The van der Waals surface area contributed by atoms with E-state index < -0.39 is 11.6 Å². The van der Waals surface area contributed by atoms with Gasteiger partial charge in [-0.1, -0.05) is 108 Å². The number of hydrogen-bond donors (Lipinski definition) is 0. The molecule has 0 radical (unpaired) electrons. The predicted molar refractivity (Wildman–Crippen MR) is 115 cm³/mol. The Morgan fingerprint density at radius 1 is 0.867 bits per heavy atom. The molecule has 0 fully saturated rings. The number of nitrogens with zero attached hydrogens (tertiary/aromatic N) is 2. The first kappa shape index (κ1) is 23.8. The van der Waals surface area contributed by atoms with E-state index in [-0.39, 0.29) is 22.7 Å². The van der Waals surface area contributed by atoms with Crippen LogP contribution in [-0.2, 0) is 0 Å². The number of rotatable bonds is 16. The van der Waals surface area contributed by atoms with Crippen molar-refractivity contribution in [2.45, 2.75) is 90.4 Å². The highest BCUT2D eigenvalue weighted by Crippen LogP contribution is 2.15. The summed E-state index contributed by atoms with van der Waals surface area (Å²) < 4.78 is 4.54.